The first kappa shape index (κ1) is 25.7. The SMILES string of the molecule is CC(CF)N[C@H]1CC[C@H](CNc2nc(N3CCOCC3)cc(-n3c(C(F)F)nc4ccccc43)n2)CC1. The molecule has 0 amide bonds. The van der Waals surface area contributed by atoms with Crippen molar-refractivity contribution in [2.75, 3.05) is 49.7 Å². The summed E-state index contributed by atoms with van der Waals surface area (Å²) in [5.74, 6) is 1.52. The number of alkyl halides is 3. The number of hydrogen-bond donors (Lipinski definition) is 2. The van der Waals surface area contributed by atoms with Crippen molar-refractivity contribution in [1.82, 2.24) is 24.8 Å². The van der Waals surface area contributed by atoms with Gasteiger partial charge in [-0.3, -0.25) is 4.57 Å². The fourth-order valence-corrected chi connectivity index (χ4v) is 5.22. The number of aromatic nitrogens is 4. The van der Waals surface area contributed by atoms with Crippen LogP contribution in [0.1, 0.15) is 44.9 Å². The van der Waals surface area contributed by atoms with E-state index >= 15 is 0 Å². The summed E-state index contributed by atoms with van der Waals surface area (Å²) in [4.78, 5) is 15.7. The Morgan fingerprint density at radius 1 is 1.03 bits per heavy atom. The highest BCUT2D eigenvalue weighted by atomic mass is 19.3. The zero-order valence-electron chi connectivity index (χ0n) is 21.0. The number of rotatable bonds is 9. The molecule has 11 heteroatoms. The average Bonchev–Trinajstić information content (AvgIpc) is 3.33. The van der Waals surface area contributed by atoms with Gasteiger partial charge in [-0.05, 0) is 50.7 Å². The lowest BCUT2D eigenvalue weighted by Gasteiger charge is -2.31. The van der Waals surface area contributed by atoms with Crippen LogP contribution in [0.3, 0.4) is 0 Å². The van der Waals surface area contributed by atoms with Gasteiger partial charge >= 0.3 is 0 Å². The molecular formula is C26H34F3N7O. The second-order valence-corrected chi connectivity index (χ2v) is 9.92. The molecule has 2 aromatic heterocycles. The number of nitrogens with zero attached hydrogens (tertiary/aromatic N) is 5. The van der Waals surface area contributed by atoms with E-state index in [4.69, 9.17) is 9.72 Å². The van der Waals surface area contributed by atoms with E-state index in [9.17, 15) is 13.2 Å². The highest BCUT2D eigenvalue weighted by molar-refractivity contribution is 5.78. The van der Waals surface area contributed by atoms with Gasteiger partial charge in [0.05, 0.1) is 24.2 Å². The van der Waals surface area contributed by atoms with Gasteiger partial charge in [0.25, 0.3) is 6.43 Å². The van der Waals surface area contributed by atoms with Gasteiger partial charge in [-0.25, -0.2) is 18.2 Å². The molecule has 2 aliphatic rings. The van der Waals surface area contributed by atoms with Crippen LogP contribution in [0.5, 0.6) is 0 Å². The lowest BCUT2D eigenvalue weighted by Crippen LogP contribution is -2.40. The molecule has 0 spiro atoms. The van der Waals surface area contributed by atoms with Gasteiger partial charge in [0.1, 0.15) is 18.3 Å². The smallest absolute Gasteiger partial charge is 0.296 e. The number of benzene rings is 1. The first-order chi connectivity index (χ1) is 18.0. The Bertz CT molecular complexity index is 1180. The molecule has 2 fully saturated rings. The predicted molar refractivity (Wildman–Crippen MR) is 137 cm³/mol. The molecule has 8 nitrogen and oxygen atoms in total. The minimum absolute atomic E-state index is 0.119. The van der Waals surface area contributed by atoms with E-state index in [2.05, 4.69) is 25.5 Å². The number of ether oxygens (including phenoxy) is 1. The van der Waals surface area contributed by atoms with E-state index in [1.54, 1.807) is 30.3 Å². The summed E-state index contributed by atoms with van der Waals surface area (Å²) in [7, 11) is 0. The van der Waals surface area contributed by atoms with Crippen molar-refractivity contribution in [2.24, 2.45) is 5.92 Å². The van der Waals surface area contributed by atoms with Gasteiger partial charge in [0, 0.05) is 37.8 Å². The normalized spacial score (nSPS) is 21.5. The topological polar surface area (TPSA) is 80.1 Å². The van der Waals surface area contributed by atoms with Gasteiger partial charge in [-0.1, -0.05) is 12.1 Å². The van der Waals surface area contributed by atoms with Crippen molar-refractivity contribution in [1.29, 1.82) is 0 Å². The zero-order valence-corrected chi connectivity index (χ0v) is 21.0. The molecule has 1 atom stereocenters. The fourth-order valence-electron chi connectivity index (χ4n) is 5.22. The number of halogens is 3. The number of imidazole rings is 1. The molecule has 0 bridgehead atoms. The summed E-state index contributed by atoms with van der Waals surface area (Å²) in [6.45, 7) is 4.68. The zero-order chi connectivity index (χ0) is 25.8. The van der Waals surface area contributed by atoms with Gasteiger partial charge in [0.2, 0.25) is 5.95 Å². The number of para-hydroxylation sites is 2. The highest BCUT2D eigenvalue weighted by Crippen LogP contribution is 2.30. The van der Waals surface area contributed by atoms with Crippen LogP contribution in [0.4, 0.5) is 24.9 Å². The van der Waals surface area contributed by atoms with E-state index in [0.717, 1.165) is 25.7 Å². The summed E-state index contributed by atoms with van der Waals surface area (Å²) >= 11 is 0. The highest BCUT2D eigenvalue weighted by Gasteiger charge is 2.25. The standard InChI is InChI=1S/C26H34F3N7O/c1-17(15-27)31-19-8-6-18(7-9-19)16-30-26-33-22(35-10-12-37-13-11-35)14-23(34-26)36-21-5-3-2-4-20(21)32-25(36)24(28)29/h2-5,14,17-19,24,31H,6-13,15-16H2,1H3,(H,30,33,34)/t17?,18-,19-. The lowest BCUT2D eigenvalue weighted by atomic mass is 9.86. The van der Waals surface area contributed by atoms with Crippen LogP contribution >= 0.6 is 0 Å². The number of nitrogens with one attached hydrogen (secondary N) is 2. The van der Waals surface area contributed by atoms with E-state index in [1.165, 1.54) is 4.57 Å². The van der Waals surface area contributed by atoms with Crippen molar-refractivity contribution < 1.29 is 17.9 Å². The van der Waals surface area contributed by atoms with E-state index in [1.807, 2.05) is 6.92 Å². The molecule has 0 radical (unpaired) electrons. The maximum Gasteiger partial charge on any atom is 0.296 e. The molecule has 200 valence electrons. The van der Waals surface area contributed by atoms with Gasteiger partial charge in [-0.2, -0.15) is 9.97 Å². The van der Waals surface area contributed by atoms with Crippen molar-refractivity contribution >= 4 is 22.8 Å². The molecule has 1 saturated carbocycles. The van der Waals surface area contributed by atoms with Gasteiger partial charge in [0.15, 0.2) is 5.82 Å². The molecule has 3 aromatic rings. The van der Waals surface area contributed by atoms with Gasteiger partial charge in [-0.15, -0.1) is 0 Å². The number of morpholine rings is 1. The van der Waals surface area contributed by atoms with Crippen molar-refractivity contribution in [2.45, 2.75) is 51.1 Å². The minimum Gasteiger partial charge on any atom is -0.378 e. The summed E-state index contributed by atoms with van der Waals surface area (Å²) in [5, 5.41) is 6.73. The van der Waals surface area contributed by atoms with Crippen molar-refractivity contribution in [3.63, 3.8) is 0 Å². The van der Waals surface area contributed by atoms with Crippen LogP contribution in [-0.2, 0) is 4.74 Å². The average molecular weight is 518 g/mol. The maximum absolute atomic E-state index is 14.0. The molecule has 1 aromatic carbocycles. The van der Waals surface area contributed by atoms with Crippen LogP contribution in [0.2, 0.25) is 0 Å². The van der Waals surface area contributed by atoms with E-state index in [0.29, 0.717) is 73.4 Å². The van der Waals surface area contributed by atoms with E-state index in [-0.39, 0.29) is 18.5 Å². The summed E-state index contributed by atoms with van der Waals surface area (Å²) in [6.07, 6.45) is 1.27. The van der Waals surface area contributed by atoms with Gasteiger partial charge < -0.3 is 20.3 Å². The number of anilines is 2. The first-order valence-corrected chi connectivity index (χ1v) is 13.1. The van der Waals surface area contributed by atoms with Crippen LogP contribution in [0.25, 0.3) is 16.9 Å². The largest absolute Gasteiger partial charge is 0.378 e. The number of hydrogen-bond acceptors (Lipinski definition) is 7. The summed E-state index contributed by atoms with van der Waals surface area (Å²) in [6, 6.07) is 9.05. The fraction of sp³-hybridized carbons (Fsp3) is 0.577. The van der Waals surface area contributed by atoms with Crippen LogP contribution in [0, 0.1) is 5.92 Å². The molecular weight excluding hydrogens is 483 g/mol. The Kier molecular flexibility index (Phi) is 8.09. The summed E-state index contributed by atoms with van der Waals surface area (Å²) in [5.41, 5.74) is 1.06. The third kappa shape index (κ3) is 5.98. The molecule has 37 heavy (non-hydrogen) atoms. The second-order valence-electron chi connectivity index (χ2n) is 9.92. The molecule has 2 N–H and O–H groups in total. The third-order valence-electron chi connectivity index (χ3n) is 7.19. The van der Waals surface area contributed by atoms with E-state index < -0.39 is 6.43 Å². The molecule has 1 aliphatic carbocycles. The minimum atomic E-state index is -2.76. The molecule has 5 rings (SSSR count). The lowest BCUT2D eigenvalue weighted by molar-refractivity contribution is 0.122. The van der Waals surface area contributed by atoms with Crippen molar-refractivity contribution in [3.05, 3.63) is 36.2 Å². The van der Waals surface area contributed by atoms with Crippen LogP contribution in [-0.4, -0.2) is 71.1 Å². The third-order valence-corrected chi connectivity index (χ3v) is 7.19. The molecule has 3 heterocycles. The number of fused-ring (bicyclic) bond motifs is 1. The first-order valence-electron chi connectivity index (χ1n) is 13.1. The van der Waals surface area contributed by atoms with Crippen molar-refractivity contribution in [3.8, 4) is 5.82 Å². The summed E-state index contributed by atoms with van der Waals surface area (Å²) < 4.78 is 47.8. The maximum atomic E-state index is 14.0. The molecule has 1 aliphatic heterocycles. The second kappa shape index (κ2) is 11.6. The molecule has 1 saturated heterocycles. The predicted octanol–water partition coefficient (Wildman–Crippen LogP) is 4.51. The quantitative estimate of drug-likeness (QED) is 0.432. The Hall–Kier alpha value is -2.92. The monoisotopic (exact) mass is 517 g/mol. The van der Waals surface area contributed by atoms with Crippen LogP contribution < -0.4 is 15.5 Å². The Balaban J connectivity index is 1.39. The Morgan fingerprint density at radius 3 is 2.49 bits per heavy atom. The Morgan fingerprint density at radius 2 is 1.76 bits per heavy atom. The molecule has 1 unspecified atom stereocenters. The van der Waals surface area contributed by atoms with Crippen LogP contribution in [0.15, 0.2) is 30.3 Å². The Labute approximate surface area is 214 Å².